The fourth-order valence-electron chi connectivity index (χ4n) is 3.05. The van der Waals surface area contributed by atoms with Crippen molar-refractivity contribution in [1.29, 1.82) is 0 Å². The number of amides is 1. The number of carbonyl (C=O) groups is 1. The summed E-state index contributed by atoms with van der Waals surface area (Å²) in [5.41, 5.74) is 2.44. The van der Waals surface area contributed by atoms with Gasteiger partial charge in [0.25, 0.3) is 0 Å². The zero-order valence-electron chi connectivity index (χ0n) is 16.6. The number of anilines is 1. The van der Waals surface area contributed by atoms with E-state index in [1.54, 1.807) is 7.11 Å². The highest BCUT2D eigenvalue weighted by Gasteiger charge is 2.18. The van der Waals surface area contributed by atoms with Gasteiger partial charge < -0.3 is 19.0 Å². The number of benzene rings is 2. The predicted molar refractivity (Wildman–Crippen MR) is 121 cm³/mol. The molecule has 0 radical (unpaired) electrons. The van der Waals surface area contributed by atoms with Crippen LogP contribution in [0.15, 0.2) is 56.5 Å². The highest BCUT2D eigenvalue weighted by Crippen LogP contribution is 2.33. The molecule has 7 nitrogen and oxygen atoms in total. The number of thioether (sulfide) groups is 1. The molecule has 2 heterocycles. The standard InChI is InChI=1S/C21H19BrN4O3S/c1-12-9-14(22)7-8-15(12)23-18(27)11-30-21-25-24-20(26(21)2)17-10-13-5-4-6-16(28-3)19(13)29-17/h4-10H,11H2,1-3H3,(H,23,27). The smallest absolute Gasteiger partial charge is 0.234 e. The van der Waals surface area contributed by atoms with Crippen LogP contribution in [0, 0.1) is 6.92 Å². The first-order chi connectivity index (χ1) is 14.5. The molecule has 4 aromatic rings. The summed E-state index contributed by atoms with van der Waals surface area (Å²) in [7, 11) is 3.45. The van der Waals surface area contributed by atoms with Gasteiger partial charge in [-0.15, -0.1) is 10.2 Å². The van der Waals surface area contributed by atoms with Gasteiger partial charge in [0, 0.05) is 22.6 Å². The Morgan fingerprint density at radius 2 is 2.10 bits per heavy atom. The number of halogens is 1. The number of hydrogen-bond donors (Lipinski definition) is 1. The van der Waals surface area contributed by atoms with E-state index in [-0.39, 0.29) is 11.7 Å². The SMILES string of the molecule is COc1cccc2cc(-c3nnc(SCC(=O)Nc4ccc(Br)cc4C)n3C)oc12. The Balaban J connectivity index is 1.48. The van der Waals surface area contributed by atoms with E-state index in [0.717, 1.165) is 21.1 Å². The van der Waals surface area contributed by atoms with Crippen LogP contribution in [0.4, 0.5) is 5.69 Å². The third-order valence-corrected chi connectivity index (χ3v) is 6.09. The van der Waals surface area contributed by atoms with Gasteiger partial charge in [-0.3, -0.25) is 4.79 Å². The van der Waals surface area contributed by atoms with Crippen LogP contribution >= 0.6 is 27.7 Å². The Morgan fingerprint density at radius 3 is 2.87 bits per heavy atom. The molecule has 0 bridgehead atoms. The summed E-state index contributed by atoms with van der Waals surface area (Å²) >= 11 is 4.74. The quantitative estimate of drug-likeness (QED) is 0.384. The number of rotatable bonds is 6. The highest BCUT2D eigenvalue weighted by atomic mass is 79.9. The number of aromatic nitrogens is 3. The van der Waals surface area contributed by atoms with Crippen LogP contribution in [-0.4, -0.2) is 33.5 Å². The number of fused-ring (bicyclic) bond motifs is 1. The Bertz CT molecular complexity index is 1230. The summed E-state index contributed by atoms with van der Waals surface area (Å²) in [4.78, 5) is 12.4. The number of hydrogen-bond acceptors (Lipinski definition) is 6. The van der Waals surface area contributed by atoms with Crippen molar-refractivity contribution in [2.24, 2.45) is 7.05 Å². The van der Waals surface area contributed by atoms with Gasteiger partial charge in [-0.1, -0.05) is 39.8 Å². The number of nitrogens with one attached hydrogen (secondary N) is 1. The van der Waals surface area contributed by atoms with Gasteiger partial charge >= 0.3 is 0 Å². The van der Waals surface area contributed by atoms with Crippen molar-refractivity contribution in [3.8, 4) is 17.3 Å². The molecule has 0 atom stereocenters. The van der Waals surface area contributed by atoms with Gasteiger partial charge in [0.1, 0.15) is 0 Å². The van der Waals surface area contributed by atoms with Gasteiger partial charge in [0.2, 0.25) is 5.91 Å². The first-order valence-electron chi connectivity index (χ1n) is 9.11. The summed E-state index contributed by atoms with van der Waals surface area (Å²) in [6, 6.07) is 13.3. The summed E-state index contributed by atoms with van der Waals surface area (Å²) in [5, 5.41) is 12.9. The highest BCUT2D eigenvalue weighted by molar-refractivity contribution is 9.10. The number of carbonyl (C=O) groups excluding carboxylic acids is 1. The van der Waals surface area contributed by atoms with Crippen LogP contribution in [0.1, 0.15) is 5.56 Å². The molecule has 0 aliphatic carbocycles. The predicted octanol–water partition coefficient (Wildman–Crippen LogP) is 5.04. The number of nitrogens with zero attached hydrogens (tertiary/aromatic N) is 3. The summed E-state index contributed by atoms with van der Waals surface area (Å²) in [6.45, 7) is 1.95. The zero-order valence-corrected chi connectivity index (χ0v) is 19.0. The average Bonchev–Trinajstić information content (AvgIpc) is 3.31. The topological polar surface area (TPSA) is 82.2 Å². The van der Waals surface area contributed by atoms with Crippen molar-refractivity contribution in [2.45, 2.75) is 12.1 Å². The fraction of sp³-hybridized carbons (Fsp3) is 0.190. The molecule has 30 heavy (non-hydrogen) atoms. The van der Waals surface area contributed by atoms with Crippen LogP contribution < -0.4 is 10.1 Å². The molecule has 1 N–H and O–H groups in total. The van der Waals surface area contributed by atoms with Crippen molar-refractivity contribution in [2.75, 3.05) is 18.2 Å². The van der Waals surface area contributed by atoms with Crippen LogP contribution in [0.5, 0.6) is 5.75 Å². The maximum Gasteiger partial charge on any atom is 0.234 e. The van der Waals surface area contributed by atoms with Crippen LogP contribution in [0.3, 0.4) is 0 Å². The van der Waals surface area contributed by atoms with E-state index in [1.165, 1.54) is 11.8 Å². The molecule has 0 saturated carbocycles. The van der Waals surface area contributed by atoms with Crippen molar-refractivity contribution < 1.29 is 13.9 Å². The molecule has 0 aliphatic rings. The first-order valence-corrected chi connectivity index (χ1v) is 10.9. The van der Waals surface area contributed by atoms with Crippen molar-refractivity contribution >= 4 is 50.3 Å². The minimum Gasteiger partial charge on any atom is -0.493 e. The molecule has 0 saturated heterocycles. The zero-order chi connectivity index (χ0) is 21.3. The molecule has 154 valence electrons. The molecule has 4 rings (SSSR count). The Morgan fingerprint density at radius 1 is 1.27 bits per heavy atom. The lowest BCUT2D eigenvalue weighted by Crippen LogP contribution is -2.15. The molecule has 0 aliphatic heterocycles. The first kappa shape index (κ1) is 20.5. The van der Waals surface area contributed by atoms with Crippen molar-refractivity contribution in [3.63, 3.8) is 0 Å². The van der Waals surface area contributed by atoms with E-state index in [1.807, 2.05) is 61.0 Å². The molecular formula is C21H19BrN4O3S. The normalized spacial score (nSPS) is 11.1. The molecule has 1 amide bonds. The largest absolute Gasteiger partial charge is 0.493 e. The molecule has 0 unspecified atom stereocenters. The lowest BCUT2D eigenvalue weighted by molar-refractivity contribution is -0.113. The molecule has 0 spiro atoms. The second-order valence-corrected chi connectivity index (χ2v) is 8.51. The lowest BCUT2D eigenvalue weighted by Gasteiger charge is -2.08. The van der Waals surface area contributed by atoms with Gasteiger partial charge in [-0.25, -0.2) is 0 Å². The number of methoxy groups -OCH3 is 1. The van der Waals surface area contributed by atoms with Crippen LogP contribution in [-0.2, 0) is 11.8 Å². The Hall–Kier alpha value is -2.78. The second-order valence-electron chi connectivity index (χ2n) is 6.65. The van der Waals surface area contributed by atoms with Gasteiger partial charge in [-0.2, -0.15) is 0 Å². The summed E-state index contributed by atoms with van der Waals surface area (Å²) in [5.74, 6) is 1.94. The molecule has 2 aromatic carbocycles. The van der Waals surface area contributed by atoms with E-state index in [9.17, 15) is 4.79 Å². The minimum absolute atomic E-state index is 0.108. The Labute approximate surface area is 185 Å². The maximum atomic E-state index is 12.4. The van der Waals surface area contributed by atoms with Crippen LogP contribution in [0.2, 0.25) is 0 Å². The third kappa shape index (κ3) is 4.08. The monoisotopic (exact) mass is 486 g/mol. The van der Waals surface area contributed by atoms with E-state index in [2.05, 4.69) is 31.4 Å². The van der Waals surface area contributed by atoms with Crippen LogP contribution in [0.25, 0.3) is 22.6 Å². The molecule has 0 fully saturated rings. The Kier molecular flexibility index (Phi) is 5.83. The molecule has 2 aromatic heterocycles. The number of aryl methyl sites for hydroxylation is 1. The minimum atomic E-state index is -0.108. The van der Waals surface area contributed by atoms with Gasteiger partial charge in [-0.05, 0) is 42.8 Å². The van der Waals surface area contributed by atoms with Crippen molar-refractivity contribution in [1.82, 2.24) is 14.8 Å². The van der Waals surface area contributed by atoms with Gasteiger partial charge in [0.15, 0.2) is 28.1 Å². The second kappa shape index (κ2) is 8.53. The molecular weight excluding hydrogens is 468 g/mol. The van der Waals surface area contributed by atoms with E-state index in [4.69, 9.17) is 9.15 Å². The van der Waals surface area contributed by atoms with Crippen molar-refractivity contribution in [3.05, 3.63) is 52.5 Å². The average molecular weight is 487 g/mol. The number of ether oxygens (including phenoxy) is 1. The van der Waals surface area contributed by atoms with E-state index < -0.39 is 0 Å². The van der Waals surface area contributed by atoms with E-state index in [0.29, 0.717) is 28.1 Å². The maximum absolute atomic E-state index is 12.4. The lowest BCUT2D eigenvalue weighted by atomic mass is 10.2. The number of furan rings is 1. The summed E-state index contributed by atoms with van der Waals surface area (Å²) < 4.78 is 14.1. The van der Waals surface area contributed by atoms with E-state index >= 15 is 0 Å². The molecule has 9 heteroatoms. The fourth-order valence-corrected chi connectivity index (χ4v) is 4.23. The van der Waals surface area contributed by atoms with Gasteiger partial charge in [0.05, 0.1) is 12.9 Å². The third-order valence-electron chi connectivity index (χ3n) is 4.58. The summed E-state index contributed by atoms with van der Waals surface area (Å²) in [6.07, 6.45) is 0. The number of para-hydroxylation sites is 1.